The third-order valence-corrected chi connectivity index (χ3v) is 4.72. The highest BCUT2D eigenvalue weighted by atomic mass is 32.2. The number of piperidine rings is 1. The van der Waals surface area contributed by atoms with Crippen LogP contribution in [0.5, 0.6) is 5.75 Å². The van der Waals surface area contributed by atoms with Gasteiger partial charge in [0.25, 0.3) is 5.91 Å². The molecule has 2 rings (SSSR count). The smallest absolute Gasteiger partial charge is 0.253 e. The Hall–Kier alpha value is -1.60. The van der Waals surface area contributed by atoms with Crippen molar-refractivity contribution in [1.29, 1.82) is 0 Å². The summed E-state index contributed by atoms with van der Waals surface area (Å²) in [6.07, 6.45) is 1.92. The first-order valence-electron chi connectivity index (χ1n) is 6.83. The number of methoxy groups -OCH3 is 1. The van der Waals surface area contributed by atoms with E-state index in [1.54, 1.807) is 11.0 Å². The topological polar surface area (TPSA) is 89.7 Å². The van der Waals surface area contributed by atoms with Crippen molar-refractivity contribution in [3.8, 4) is 5.75 Å². The molecule has 1 amide bonds. The summed E-state index contributed by atoms with van der Waals surface area (Å²) < 4.78 is 28.1. The summed E-state index contributed by atoms with van der Waals surface area (Å²) in [5, 5.41) is 5.17. The molecule has 0 bridgehead atoms. The van der Waals surface area contributed by atoms with Crippen LogP contribution in [0.4, 0.5) is 0 Å². The number of carbonyl (C=O) groups is 1. The number of hydrogen-bond donors (Lipinski definition) is 1. The number of hydrogen-bond acceptors (Lipinski definition) is 4. The summed E-state index contributed by atoms with van der Waals surface area (Å²) in [6.45, 7) is 3.54. The molecule has 0 aromatic heterocycles. The maximum atomic E-state index is 12.4. The van der Waals surface area contributed by atoms with Gasteiger partial charge < -0.3 is 9.64 Å². The second kappa shape index (κ2) is 6.03. The summed E-state index contributed by atoms with van der Waals surface area (Å²) in [4.78, 5) is 14.0. The van der Waals surface area contributed by atoms with Gasteiger partial charge in [-0.15, -0.1) is 0 Å². The van der Waals surface area contributed by atoms with Gasteiger partial charge in [-0.3, -0.25) is 4.79 Å². The highest BCUT2D eigenvalue weighted by Gasteiger charge is 2.24. The van der Waals surface area contributed by atoms with Crippen molar-refractivity contribution in [2.45, 2.75) is 24.7 Å². The van der Waals surface area contributed by atoms with E-state index in [0.717, 1.165) is 12.8 Å². The summed E-state index contributed by atoms with van der Waals surface area (Å²) in [5.41, 5.74) is 0.314. The predicted octanol–water partition coefficient (Wildman–Crippen LogP) is 1.21. The van der Waals surface area contributed by atoms with E-state index in [1.165, 1.54) is 19.2 Å². The molecule has 21 heavy (non-hydrogen) atoms. The van der Waals surface area contributed by atoms with E-state index in [0.29, 0.717) is 24.6 Å². The maximum Gasteiger partial charge on any atom is 0.253 e. The van der Waals surface area contributed by atoms with E-state index < -0.39 is 10.0 Å². The molecule has 0 radical (unpaired) electrons. The molecule has 0 aliphatic carbocycles. The van der Waals surface area contributed by atoms with Crippen molar-refractivity contribution < 1.29 is 17.9 Å². The molecule has 1 aliphatic rings. The van der Waals surface area contributed by atoms with E-state index in [1.807, 2.05) is 0 Å². The van der Waals surface area contributed by atoms with Crippen LogP contribution >= 0.6 is 0 Å². The maximum absolute atomic E-state index is 12.4. The Bertz CT molecular complexity index is 634. The van der Waals surface area contributed by atoms with Gasteiger partial charge in [0.2, 0.25) is 10.0 Å². The number of ether oxygens (including phenoxy) is 1. The predicted molar refractivity (Wildman–Crippen MR) is 78.7 cm³/mol. The van der Waals surface area contributed by atoms with E-state index >= 15 is 0 Å². The highest BCUT2D eigenvalue weighted by molar-refractivity contribution is 7.89. The molecular formula is C14H20N2O4S. The third-order valence-electron chi connectivity index (χ3n) is 3.79. The average molecular weight is 312 g/mol. The van der Waals surface area contributed by atoms with Gasteiger partial charge in [0.1, 0.15) is 10.6 Å². The quantitative estimate of drug-likeness (QED) is 0.908. The second-order valence-corrected chi connectivity index (χ2v) is 6.92. The minimum Gasteiger partial charge on any atom is -0.495 e. The van der Waals surface area contributed by atoms with Crippen molar-refractivity contribution in [2.24, 2.45) is 11.1 Å². The molecule has 1 heterocycles. The van der Waals surface area contributed by atoms with Crippen molar-refractivity contribution in [1.82, 2.24) is 4.90 Å². The zero-order chi connectivity index (χ0) is 15.6. The van der Waals surface area contributed by atoms with Crippen molar-refractivity contribution in [3.05, 3.63) is 23.8 Å². The van der Waals surface area contributed by atoms with Crippen LogP contribution in [-0.2, 0) is 10.0 Å². The lowest BCUT2D eigenvalue weighted by Crippen LogP contribution is -2.38. The Morgan fingerprint density at radius 3 is 2.48 bits per heavy atom. The molecule has 1 aliphatic heterocycles. The SMILES string of the molecule is COc1ccc(C(=O)N2CCC(C)CC2)cc1S(N)(=O)=O. The number of amides is 1. The zero-order valence-corrected chi connectivity index (χ0v) is 13.0. The van der Waals surface area contributed by atoms with Gasteiger partial charge in [-0.25, -0.2) is 13.6 Å². The van der Waals surface area contributed by atoms with Gasteiger partial charge in [0, 0.05) is 18.7 Å². The van der Waals surface area contributed by atoms with Gasteiger partial charge >= 0.3 is 0 Å². The molecule has 116 valence electrons. The average Bonchev–Trinajstić information content (AvgIpc) is 2.45. The minimum atomic E-state index is -3.94. The number of carbonyl (C=O) groups excluding carboxylic acids is 1. The Balaban J connectivity index is 2.30. The lowest BCUT2D eigenvalue weighted by Gasteiger charge is -2.30. The summed E-state index contributed by atoms with van der Waals surface area (Å²) in [5.74, 6) is 0.584. The molecule has 0 saturated carbocycles. The van der Waals surface area contributed by atoms with Crippen molar-refractivity contribution in [3.63, 3.8) is 0 Å². The Morgan fingerprint density at radius 1 is 1.33 bits per heavy atom. The van der Waals surface area contributed by atoms with Crippen LogP contribution in [0.1, 0.15) is 30.1 Å². The van der Waals surface area contributed by atoms with E-state index in [2.05, 4.69) is 6.92 Å². The minimum absolute atomic E-state index is 0.140. The van der Waals surface area contributed by atoms with Crippen molar-refractivity contribution >= 4 is 15.9 Å². The fourth-order valence-electron chi connectivity index (χ4n) is 2.43. The number of benzene rings is 1. The first-order chi connectivity index (χ1) is 9.82. The van der Waals surface area contributed by atoms with Crippen LogP contribution in [-0.4, -0.2) is 39.4 Å². The fourth-order valence-corrected chi connectivity index (χ4v) is 3.15. The molecule has 1 saturated heterocycles. The fraction of sp³-hybridized carbons (Fsp3) is 0.500. The van der Waals surface area contributed by atoms with Crippen LogP contribution in [0.15, 0.2) is 23.1 Å². The molecule has 1 aromatic carbocycles. The number of nitrogens with zero attached hydrogens (tertiary/aromatic N) is 1. The molecule has 0 unspecified atom stereocenters. The van der Waals surface area contributed by atoms with Crippen LogP contribution in [0.25, 0.3) is 0 Å². The number of sulfonamides is 1. The van der Waals surface area contributed by atoms with Gasteiger partial charge in [0.05, 0.1) is 7.11 Å². The molecule has 0 spiro atoms. The zero-order valence-electron chi connectivity index (χ0n) is 12.2. The van der Waals surface area contributed by atoms with Gasteiger partial charge in [0.15, 0.2) is 0 Å². The lowest BCUT2D eigenvalue weighted by molar-refractivity contribution is 0.0697. The van der Waals surface area contributed by atoms with Gasteiger partial charge in [-0.1, -0.05) is 6.92 Å². The van der Waals surface area contributed by atoms with Crippen LogP contribution in [0.2, 0.25) is 0 Å². The molecule has 0 atom stereocenters. The Kier molecular flexibility index (Phi) is 4.53. The molecule has 7 heteroatoms. The largest absolute Gasteiger partial charge is 0.495 e. The summed E-state index contributed by atoms with van der Waals surface area (Å²) in [6, 6.07) is 4.31. The summed E-state index contributed by atoms with van der Waals surface area (Å²) >= 11 is 0. The van der Waals surface area contributed by atoms with E-state index in [4.69, 9.17) is 9.88 Å². The first kappa shape index (κ1) is 15.8. The number of likely N-dealkylation sites (tertiary alicyclic amines) is 1. The number of nitrogens with two attached hydrogens (primary N) is 1. The second-order valence-electron chi connectivity index (χ2n) is 5.39. The molecule has 2 N–H and O–H groups in total. The highest BCUT2D eigenvalue weighted by Crippen LogP contribution is 2.25. The van der Waals surface area contributed by atoms with Crippen LogP contribution in [0, 0.1) is 5.92 Å². The van der Waals surface area contributed by atoms with Crippen LogP contribution in [0.3, 0.4) is 0 Å². The Morgan fingerprint density at radius 2 is 1.95 bits per heavy atom. The molecule has 1 aromatic rings. The molecule has 1 fully saturated rings. The third kappa shape index (κ3) is 3.54. The normalized spacial score (nSPS) is 16.8. The first-order valence-corrected chi connectivity index (χ1v) is 8.37. The van der Waals surface area contributed by atoms with Crippen molar-refractivity contribution in [2.75, 3.05) is 20.2 Å². The summed E-state index contributed by atoms with van der Waals surface area (Å²) in [7, 11) is -2.58. The standard InChI is InChI=1S/C14H20N2O4S/c1-10-5-7-16(8-6-10)14(17)11-3-4-12(20-2)13(9-11)21(15,18)19/h3-4,9-10H,5-8H2,1-2H3,(H2,15,18,19). The van der Waals surface area contributed by atoms with Gasteiger partial charge in [-0.05, 0) is 37.0 Å². The molecular weight excluding hydrogens is 292 g/mol. The number of primary sulfonamides is 1. The lowest BCUT2D eigenvalue weighted by atomic mass is 9.98. The van der Waals surface area contributed by atoms with E-state index in [9.17, 15) is 13.2 Å². The molecule has 6 nitrogen and oxygen atoms in total. The van der Waals surface area contributed by atoms with Crippen LogP contribution < -0.4 is 9.88 Å². The van der Waals surface area contributed by atoms with E-state index in [-0.39, 0.29) is 16.6 Å². The Labute approximate surface area is 124 Å². The van der Waals surface area contributed by atoms with Gasteiger partial charge in [-0.2, -0.15) is 0 Å². The number of rotatable bonds is 3. The monoisotopic (exact) mass is 312 g/mol.